The average molecular weight is 477 g/mol. The standard InChI is InChI=1S/C27H36N6S/c1-17-14-18(2)24(19(3)15-17)31-27(34)28-16-20-10-12-21(13-11-20)29-26-30-23-9-7-6-8-22(23)25(32-26)33(4)5/h6-9,14-15,20-21H,10-13,16H2,1-5H3,(H2,28,31,34)(H,29,30,32)/t20-,21+. The molecule has 0 radical (unpaired) electrons. The number of aryl methyl sites for hydroxylation is 3. The number of aromatic nitrogens is 2. The number of fused-ring (bicyclic) bond motifs is 1. The van der Waals surface area contributed by atoms with Crippen molar-refractivity contribution < 1.29 is 0 Å². The predicted molar refractivity (Wildman–Crippen MR) is 148 cm³/mol. The molecule has 1 heterocycles. The van der Waals surface area contributed by atoms with E-state index >= 15 is 0 Å². The van der Waals surface area contributed by atoms with Crippen LogP contribution in [0.15, 0.2) is 36.4 Å². The Kier molecular flexibility index (Phi) is 7.51. The van der Waals surface area contributed by atoms with Crippen LogP contribution in [0.5, 0.6) is 0 Å². The van der Waals surface area contributed by atoms with Gasteiger partial charge in [-0.15, -0.1) is 0 Å². The highest BCUT2D eigenvalue weighted by atomic mass is 32.1. The maximum absolute atomic E-state index is 5.58. The highest BCUT2D eigenvalue weighted by Gasteiger charge is 2.22. The minimum Gasteiger partial charge on any atom is -0.362 e. The Bertz CT molecular complexity index is 1140. The van der Waals surface area contributed by atoms with Crippen LogP contribution in [0.3, 0.4) is 0 Å². The molecule has 3 N–H and O–H groups in total. The maximum atomic E-state index is 5.58. The minimum absolute atomic E-state index is 0.398. The van der Waals surface area contributed by atoms with Crippen molar-refractivity contribution in [2.75, 3.05) is 36.2 Å². The summed E-state index contributed by atoms with van der Waals surface area (Å²) in [6.07, 6.45) is 4.53. The van der Waals surface area contributed by atoms with Crippen molar-refractivity contribution in [2.45, 2.75) is 52.5 Å². The summed E-state index contributed by atoms with van der Waals surface area (Å²) >= 11 is 5.58. The van der Waals surface area contributed by atoms with Crippen LogP contribution in [0, 0.1) is 26.7 Å². The number of rotatable bonds is 6. The normalized spacial score (nSPS) is 17.9. The highest BCUT2D eigenvalue weighted by molar-refractivity contribution is 7.80. The molecule has 1 aromatic heterocycles. The molecule has 1 aliphatic rings. The van der Waals surface area contributed by atoms with Gasteiger partial charge in [0.05, 0.1) is 5.52 Å². The number of anilines is 3. The molecule has 7 heteroatoms. The molecule has 6 nitrogen and oxygen atoms in total. The molecule has 0 saturated heterocycles. The van der Waals surface area contributed by atoms with E-state index < -0.39 is 0 Å². The number of benzene rings is 2. The lowest BCUT2D eigenvalue weighted by atomic mass is 9.86. The van der Waals surface area contributed by atoms with Gasteiger partial charge in [-0.25, -0.2) is 4.98 Å². The van der Waals surface area contributed by atoms with Gasteiger partial charge in [0.1, 0.15) is 5.82 Å². The molecule has 0 aliphatic heterocycles. The summed E-state index contributed by atoms with van der Waals surface area (Å²) in [4.78, 5) is 11.6. The Labute approximate surface area is 208 Å². The molecule has 34 heavy (non-hydrogen) atoms. The monoisotopic (exact) mass is 476 g/mol. The molecule has 1 aliphatic carbocycles. The van der Waals surface area contributed by atoms with Crippen molar-refractivity contribution in [1.82, 2.24) is 15.3 Å². The van der Waals surface area contributed by atoms with Gasteiger partial charge >= 0.3 is 0 Å². The number of hydrogen-bond donors (Lipinski definition) is 3. The topological polar surface area (TPSA) is 65.1 Å². The SMILES string of the molecule is Cc1cc(C)c(NC(=S)NC[C@H]2CC[C@@H](Nc3nc(N(C)C)c4ccccc4n3)CC2)c(C)c1. The highest BCUT2D eigenvalue weighted by Crippen LogP contribution is 2.28. The molecule has 0 spiro atoms. The quantitative estimate of drug-likeness (QED) is 0.402. The van der Waals surface area contributed by atoms with Gasteiger partial charge in [0.2, 0.25) is 5.95 Å². The molecule has 4 rings (SSSR count). The fourth-order valence-corrected chi connectivity index (χ4v) is 5.12. The fraction of sp³-hybridized carbons (Fsp3) is 0.444. The lowest BCUT2D eigenvalue weighted by Crippen LogP contribution is -2.36. The molecule has 0 amide bonds. The van der Waals surface area contributed by atoms with Gasteiger partial charge in [0.25, 0.3) is 0 Å². The van der Waals surface area contributed by atoms with Crippen LogP contribution in [-0.2, 0) is 0 Å². The van der Waals surface area contributed by atoms with Gasteiger partial charge in [-0.3, -0.25) is 0 Å². The fourth-order valence-electron chi connectivity index (χ4n) is 4.93. The first-order valence-corrected chi connectivity index (χ1v) is 12.5. The van der Waals surface area contributed by atoms with Gasteiger partial charge in [0.15, 0.2) is 5.11 Å². The smallest absolute Gasteiger partial charge is 0.225 e. The van der Waals surface area contributed by atoms with E-state index in [-0.39, 0.29) is 0 Å². The van der Waals surface area contributed by atoms with E-state index in [0.29, 0.717) is 17.1 Å². The second-order valence-corrected chi connectivity index (χ2v) is 10.2. The molecule has 0 bridgehead atoms. The lowest BCUT2D eigenvalue weighted by Gasteiger charge is -2.30. The van der Waals surface area contributed by atoms with Crippen LogP contribution in [0.2, 0.25) is 0 Å². The van der Waals surface area contributed by atoms with Gasteiger partial charge in [-0.1, -0.05) is 29.8 Å². The van der Waals surface area contributed by atoms with Crippen LogP contribution >= 0.6 is 12.2 Å². The lowest BCUT2D eigenvalue weighted by molar-refractivity contribution is 0.336. The van der Waals surface area contributed by atoms with E-state index in [1.54, 1.807) is 0 Å². The first-order valence-electron chi connectivity index (χ1n) is 12.1. The van der Waals surface area contributed by atoms with Crippen molar-refractivity contribution in [3.8, 4) is 0 Å². The Morgan fingerprint density at radius 1 is 1.00 bits per heavy atom. The molecule has 0 unspecified atom stereocenters. The Hall–Kier alpha value is -2.93. The van der Waals surface area contributed by atoms with E-state index in [1.165, 1.54) is 16.7 Å². The van der Waals surface area contributed by atoms with Gasteiger partial charge in [0, 0.05) is 37.8 Å². The van der Waals surface area contributed by atoms with Gasteiger partial charge < -0.3 is 20.9 Å². The second-order valence-electron chi connectivity index (χ2n) is 9.75. The molecule has 2 aromatic carbocycles. The van der Waals surface area contributed by atoms with Crippen LogP contribution in [-0.4, -0.2) is 41.8 Å². The zero-order valence-corrected chi connectivity index (χ0v) is 21.7. The summed E-state index contributed by atoms with van der Waals surface area (Å²) in [7, 11) is 4.05. The summed E-state index contributed by atoms with van der Waals surface area (Å²) in [5.41, 5.74) is 5.81. The zero-order chi connectivity index (χ0) is 24.2. The second kappa shape index (κ2) is 10.6. The summed E-state index contributed by atoms with van der Waals surface area (Å²) in [5.74, 6) is 2.29. The van der Waals surface area contributed by atoms with E-state index in [4.69, 9.17) is 22.2 Å². The summed E-state index contributed by atoms with van der Waals surface area (Å²) in [6.45, 7) is 7.28. The number of para-hydroxylation sites is 1. The molecule has 3 aromatic rings. The van der Waals surface area contributed by atoms with Crippen molar-refractivity contribution in [3.05, 3.63) is 53.1 Å². The molecular weight excluding hydrogens is 440 g/mol. The summed E-state index contributed by atoms with van der Waals surface area (Å²) in [5, 5.41) is 12.2. The molecular formula is C27H36N6S. The van der Waals surface area contributed by atoms with E-state index in [1.807, 2.05) is 37.2 Å². The molecule has 1 saturated carbocycles. The molecule has 1 fully saturated rings. The zero-order valence-electron chi connectivity index (χ0n) is 20.9. The summed E-state index contributed by atoms with van der Waals surface area (Å²) in [6, 6.07) is 13.0. The average Bonchev–Trinajstić information content (AvgIpc) is 2.80. The van der Waals surface area contributed by atoms with E-state index in [9.17, 15) is 0 Å². The number of nitrogens with zero attached hydrogens (tertiary/aromatic N) is 3. The first kappa shape index (κ1) is 24.2. The van der Waals surface area contributed by atoms with Crippen molar-refractivity contribution >= 4 is 45.7 Å². The van der Waals surface area contributed by atoms with Crippen molar-refractivity contribution in [2.24, 2.45) is 5.92 Å². The Balaban J connectivity index is 1.28. The van der Waals surface area contributed by atoms with Crippen LogP contribution in [0.4, 0.5) is 17.5 Å². The Morgan fingerprint density at radius 3 is 2.35 bits per heavy atom. The van der Waals surface area contributed by atoms with Crippen LogP contribution in [0.1, 0.15) is 42.4 Å². The van der Waals surface area contributed by atoms with Crippen molar-refractivity contribution in [1.29, 1.82) is 0 Å². The first-order chi connectivity index (χ1) is 16.3. The third-order valence-electron chi connectivity index (χ3n) is 6.65. The summed E-state index contributed by atoms with van der Waals surface area (Å²) < 4.78 is 0. The van der Waals surface area contributed by atoms with Gasteiger partial charge in [-0.2, -0.15) is 4.98 Å². The third kappa shape index (κ3) is 5.76. The number of thiocarbonyl (C=S) groups is 1. The number of nitrogens with one attached hydrogen (secondary N) is 3. The third-order valence-corrected chi connectivity index (χ3v) is 6.90. The molecule has 180 valence electrons. The van der Waals surface area contributed by atoms with E-state index in [2.05, 4.69) is 54.9 Å². The molecule has 0 atom stereocenters. The predicted octanol–water partition coefficient (Wildman–Crippen LogP) is 5.58. The minimum atomic E-state index is 0.398. The Morgan fingerprint density at radius 2 is 1.68 bits per heavy atom. The largest absolute Gasteiger partial charge is 0.362 e. The van der Waals surface area contributed by atoms with Crippen LogP contribution in [0.25, 0.3) is 10.9 Å². The van der Waals surface area contributed by atoms with E-state index in [0.717, 1.165) is 60.6 Å². The maximum Gasteiger partial charge on any atom is 0.225 e. The number of hydrogen-bond acceptors (Lipinski definition) is 5. The van der Waals surface area contributed by atoms with Crippen LogP contribution < -0.4 is 20.9 Å². The van der Waals surface area contributed by atoms with Crippen molar-refractivity contribution in [3.63, 3.8) is 0 Å². The van der Waals surface area contributed by atoms with Gasteiger partial charge in [-0.05, 0) is 87.8 Å².